The van der Waals surface area contributed by atoms with Crippen molar-refractivity contribution in [2.45, 2.75) is 6.92 Å². The minimum absolute atomic E-state index is 0.313. The molecule has 0 N–H and O–H groups in total. The van der Waals surface area contributed by atoms with Gasteiger partial charge in [0.05, 0.1) is 12.1 Å². The molecule has 0 fully saturated rings. The Hall–Kier alpha value is -0.610. The lowest BCUT2D eigenvalue weighted by molar-refractivity contribution is 0.108. The van der Waals surface area contributed by atoms with Crippen LogP contribution in [0.5, 0.6) is 5.88 Å². The van der Waals surface area contributed by atoms with Crippen molar-refractivity contribution in [1.82, 2.24) is 4.98 Å². The number of carbonyl (C=O) groups is 1. The molecule has 11 heavy (non-hydrogen) atoms. The number of nitrogens with zero attached hydrogens (tertiary/aromatic N) is 1. The Kier molecular flexibility index (Phi) is 2.46. The van der Waals surface area contributed by atoms with E-state index in [1.807, 2.05) is 0 Å². The van der Waals surface area contributed by atoms with Crippen LogP contribution in [0.1, 0.15) is 14.7 Å². The number of hydrogen-bond acceptors (Lipinski definition) is 4. The molecular formula is C6H6ClNO2S. The molecule has 0 unspecified atom stereocenters. The fourth-order valence-corrected chi connectivity index (χ4v) is 1.59. The van der Waals surface area contributed by atoms with Crippen LogP contribution in [0.2, 0.25) is 0 Å². The molecule has 0 saturated carbocycles. The second kappa shape index (κ2) is 3.19. The highest BCUT2D eigenvalue weighted by Crippen LogP contribution is 2.25. The van der Waals surface area contributed by atoms with Crippen molar-refractivity contribution in [2.24, 2.45) is 0 Å². The molecule has 0 aromatic carbocycles. The molecule has 0 aliphatic rings. The first-order valence-corrected chi connectivity index (χ1v) is 4.06. The van der Waals surface area contributed by atoms with Gasteiger partial charge in [0.15, 0.2) is 4.88 Å². The summed E-state index contributed by atoms with van der Waals surface area (Å²) in [6.45, 7) is 1.79. The highest BCUT2D eigenvalue weighted by atomic mass is 35.5. The number of aryl methyl sites for hydroxylation is 1. The van der Waals surface area contributed by atoms with Gasteiger partial charge < -0.3 is 4.74 Å². The van der Waals surface area contributed by atoms with Gasteiger partial charge >= 0.3 is 0 Å². The van der Waals surface area contributed by atoms with Crippen LogP contribution in [0, 0.1) is 6.92 Å². The van der Waals surface area contributed by atoms with E-state index in [0.29, 0.717) is 10.8 Å². The second-order valence-electron chi connectivity index (χ2n) is 1.84. The summed E-state index contributed by atoms with van der Waals surface area (Å²) < 4.78 is 4.82. The van der Waals surface area contributed by atoms with Crippen molar-refractivity contribution in [3.05, 3.63) is 9.88 Å². The molecule has 1 aromatic heterocycles. The Balaban J connectivity index is 3.12. The van der Waals surface area contributed by atoms with Gasteiger partial charge in [-0.25, -0.2) is 4.98 Å². The zero-order chi connectivity index (χ0) is 8.43. The quantitative estimate of drug-likeness (QED) is 0.670. The SMILES string of the molecule is COc1nc(C)sc1C(=O)Cl. The summed E-state index contributed by atoms with van der Waals surface area (Å²) in [5.74, 6) is 0.313. The summed E-state index contributed by atoms with van der Waals surface area (Å²) in [7, 11) is 1.46. The van der Waals surface area contributed by atoms with E-state index in [1.54, 1.807) is 6.92 Å². The van der Waals surface area contributed by atoms with Gasteiger partial charge in [0.25, 0.3) is 5.24 Å². The average molecular weight is 192 g/mol. The predicted octanol–water partition coefficient (Wildman–Crippen LogP) is 1.84. The van der Waals surface area contributed by atoms with Gasteiger partial charge in [-0.05, 0) is 18.5 Å². The van der Waals surface area contributed by atoms with Gasteiger partial charge in [-0.1, -0.05) is 0 Å². The van der Waals surface area contributed by atoms with Gasteiger partial charge in [-0.2, -0.15) is 0 Å². The fraction of sp³-hybridized carbons (Fsp3) is 0.333. The molecule has 1 aromatic rings. The van der Waals surface area contributed by atoms with Crippen molar-refractivity contribution >= 4 is 28.2 Å². The number of halogens is 1. The molecule has 1 rings (SSSR count). The second-order valence-corrected chi connectivity index (χ2v) is 3.39. The third-order valence-electron chi connectivity index (χ3n) is 1.07. The van der Waals surface area contributed by atoms with E-state index in [-0.39, 0.29) is 0 Å². The number of ether oxygens (including phenoxy) is 1. The molecule has 0 radical (unpaired) electrons. The lowest BCUT2D eigenvalue weighted by Gasteiger charge is -1.92. The molecule has 0 amide bonds. The van der Waals surface area contributed by atoms with E-state index in [0.717, 1.165) is 5.01 Å². The normalized spacial score (nSPS) is 9.73. The van der Waals surface area contributed by atoms with Crippen LogP contribution in [0.15, 0.2) is 0 Å². The third-order valence-corrected chi connectivity index (χ3v) is 2.33. The average Bonchev–Trinajstić information content (AvgIpc) is 2.30. The maximum absolute atomic E-state index is 10.7. The summed E-state index contributed by atoms with van der Waals surface area (Å²) >= 11 is 6.48. The van der Waals surface area contributed by atoms with E-state index in [4.69, 9.17) is 16.3 Å². The number of methoxy groups -OCH3 is 1. The van der Waals surface area contributed by atoms with Gasteiger partial charge in [0.2, 0.25) is 5.88 Å². The number of carbonyl (C=O) groups excluding carboxylic acids is 1. The standard InChI is InChI=1S/C6H6ClNO2S/c1-3-8-6(10-2)4(11-3)5(7)9/h1-2H3. The van der Waals surface area contributed by atoms with Gasteiger partial charge in [0.1, 0.15) is 0 Å². The zero-order valence-electron chi connectivity index (χ0n) is 6.05. The Labute approximate surface area is 73.0 Å². The van der Waals surface area contributed by atoms with E-state index in [9.17, 15) is 4.79 Å². The van der Waals surface area contributed by atoms with E-state index < -0.39 is 5.24 Å². The van der Waals surface area contributed by atoms with Crippen LogP contribution in [0.25, 0.3) is 0 Å². The molecule has 0 aliphatic heterocycles. The zero-order valence-corrected chi connectivity index (χ0v) is 7.62. The maximum atomic E-state index is 10.7. The molecule has 0 saturated heterocycles. The molecule has 5 heteroatoms. The van der Waals surface area contributed by atoms with Crippen molar-refractivity contribution < 1.29 is 9.53 Å². The van der Waals surface area contributed by atoms with Crippen LogP contribution in [0.3, 0.4) is 0 Å². The lowest BCUT2D eigenvalue weighted by Crippen LogP contribution is -1.90. The number of hydrogen-bond donors (Lipinski definition) is 0. The summed E-state index contributed by atoms with van der Waals surface area (Å²) in [5, 5.41) is 0.248. The van der Waals surface area contributed by atoms with Crippen LogP contribution in [-0.2, 0) is 0 Å². The Morgan fingerprint density at radius 2 is 2.36 bits per heavy atom. The van der Waals surface area contributed by atoms with E-state index in [1.165, 1.54) is 18.4 Å². The molecule has 3 nitrogen and oxygen atoms in total. The fourth-order valence-electron chi connectivity index (χ4n) is 0.670. The topological polar surface area (TPSA) is 39.2 Å². The van der Waals surface area contributed by atoms with E-state index >= 15 is 0 Å². The Bertz CT molecular complexity index is 284. The molecular weight excluding hydrogens is 186 g/mol. The first-order valence-electron chi connectivity index (χ1n) is 2.86. The summed E-state index contributed by atoms with van der Waals surface area (Å²) in [5.41, 5.74) is 0. The van der Waals surface area contributed by atoms with Gasteiger partial charge in [-0.15, -0.1) is 11.3 Å². The molecule has 0 aliphatic carbocycles. The van der Waals surface area contributed by atoms with Crippen LogP contribution >= 0.6 is 22.9 Å². The first kappa shape index (κ1) is 8.49. The van der Waals surface area contributed by atoms with Gasteiger partial charge in [0, 0.05) is 0 Å². The minimum Gasteiger partial charge on any atom is -0.480 e. The van der Waals surface area contributed by atoms with Crippen molar-refractivity contribution in [3.8, 4) is 5.88 Å². The summed E-state index contributed by atoms with van der Waals surface area (Å²) in [6, 6.07) is 0. The largest absolute Gasteiger partial charge is 0.480 e. The Morgan fingerprint density at radius 3 is 2.73 bits per heavy atom. The summed E-state index contributed by atoms with van der Waals surface area (Å²) in [6.07, 6.45) is 0. The molecule has 0 bridgehead atoms. The van der Waals surface area contributed by atoms with Crippen molar-refractivity contribution in [1.29, 1.82) is 0 Å². The van der Waals surface area contributed by atoms with Crippen LogP contribution in [0.4, 0.5) is 0 Å². The molecule has 0 atom stereocenters. The van der Waals surface area contributed by atoms with Crippen LogP contribution in [-0.4, -0.2) is 17.3 Å². The molecule has 1 heterocycles. The lowest BCUT2D eigenvalue weighted by atomic mass is 10.6. The van der Waals surface area contributed by atoms with E-state index in [2.05, 4.69) is 4.98 Å². The van der Waals surface area contributed by atoms with Crippen molar-refractivity contribution in [3.63, 3.8) is 0 Å². The molecule has 60 valence electrons. The maximum Gasteiger partial charge on any atom is 0.267 e. The molecule has 0 spiro atoms. The smallest absolute Gasteiger partial charge is 0.267 e. The summed E-state index contributed by atoms with van der Waals surface area (Å²) in [4.78, 5) is 15.0. The monoisotopic (exact) mass is 191 g/mol. The highest BCUT2D eigenvalue weighted by Gasteiger charge is 2.14. The number of rotatable bonds is 2. The van der Waals surface area contributed by atoms with Crippen LogP contribution < -0.4 is 4.74 Å². The van der Waals surface area contributed by atoms with Crippen molar-refractivity contribution in [2.75, 3.05) is 7.11 Å². The first-order chi connectivity index (χ1) is 5.15. The third kappa shape index (κ3) is 1.70. The highest BCUT2D eigenvalue weighted by molar-refractivity contribution is 7.15. The number of aromatic nitrogens is 1. The number of thiazole rings is 1. The Morgan fingerprint density at radius 1 is 1.73 bits per heavy atom. The predicted molar refractivity (Wildman–Crippen MR) is 43.6 cm³/mol. The minimum atomic E-state index is -0.521. The van der Waals surface area contributed by atoms with Gasteiger partial charge in [-0.3, -0.25) is 4.79 Å².